The summed E-state index contributed by atoms with van der Waals surface area (Å²) in [6, 6.07) is 0. The summed E-state index contributed by atoms with van der Waals surface area (Å²) in [6.45, 7) is 0.832. The maximum absolute atomic E-state index is 11.4. The molecule has 0 aliphatic carbocycles. The molecule has 0 unspecified atom stereocenters. The van der Waals surface area contributed by atoms with Crippen LogP contribution in [0.15, 0.2) is 12.2 Å². The van der Waals surface area contributed by atoms with Crippen molar-refractivity contribution in [3.63, 3.8) is 0 Å². The molecule has 17 heavy (non-hydrogen) atoms. The summed E-state index contributed by atoms with van der Waals surface area (Å²) < 4.78 is 13.9. The maximum atomic E-state index is 11.4. The first kappa shape index (κ1) is 13.2. The molecule has 7 heteroatoms. The molecule has 1 rings (SSSR count). The predicted molar refractivity (Wildman–Crippen MR) is 54.6 cm³/mol. The van der Waals surface area contributed by atoms with Gasteiger partial charge in [0.05, 0.1) is 13.7 Å². The molecule has 0 aromatic heterocycles. The highest BCUT2D eigenvalue weighted by Crippen LogP contribution is 1.99. The van der Waals surface area contributed by atoms with Gasteiger partial charge in [-0.3, -0.25) is 4.79 Å². The number of carbonyl (C=O) groups excluding carboxylic acids is 3. The summed E-state index contributed by atoms with van der Waals surface area (Å²) in [5.41, 5.74) is 0. The van der Waals surface area contributed by atoms with Gasteiger partial charge in [-0.2, -0.15) is 0 Å². The molecule has 0 aromatic rings. The second-order valence-corrected chi connectivity index (χ2v) is 3.16. The van der Waals surface area contributed by atoms with E-state index in [1.807, 2.05) is 0 Å². The second-order valence-electron chi connectivity index (χ2n) is 3.16. The van der Waals surface area contributed by atoms with Crippen LogP contribution in [0.4, 0.5) is 0 Å². The number of nitrogens with zero attached hydrogens (tertiary/aromatic N) is 1. The summed E-state index contributed by atoms with van der Waals surface area (Å²) in [4.78, 5) is 34.5. The van der Waals surface area contributed by atoms with Gasteiger partial charge in [0, 0.05) is 18.7 Å². The van der Waals surface area contributed by atoms with Crippen LogP contribution < -0.4 is 0 Å². The van der Waals surface area contributed by atoms with Crippen molar-refractivity contribution in [3.05, 3.63) is 12.2 Å². The molecule has 0 aromatic carbocycles. The van der Waals surface area contributed by atoms with E-state index in [0.717, 1.165) is 12.2 Å². The van der Waals surface area contributed by atoms with Crippen LogP contribution in [0.1, 0.15) is 0 Å². The van der Waals surface area contributed by atoms with Gasteiger partial charge >= 0.3 is 11.9 Å². The van der Waals surface area contributed by atoms with E-state index in [1.54, 1.807) is 0 Å². The molecule has 94 valence electrons. The number of methoxy groups -OCH3 is 1. The molecule has 1 amide bonds. The summed E-state index contributed by atoms with van der Waals surface area (Å²) in [5.74, 6) is -1.77. The number of carbonyl (C=O) groups is 3. The minimum Gasteiger partial charge on any atom is -0.466 e. The van der Waals surface area contributed by atoms with Crippen LogP contribution in [0.2, 0.25) is 0 Å². The molecule has 1 saturated heterocycles. The van der Waals surface area contributed by atoms with Crippen LogP contribution >= 0.6 is 0 Å². The lowest BCUT2D eigenvalue weighted by Gasteiger charge is -2.12. The third kappa shape index (κ3) is 4.64. The van der Waals surface area contributed by atoms with Crippen molar-refractivity contribution in [3.8, 4) is 0 Å². The quantitative estimate of drug-likeness (QED) is 0.469. The number of ether oxygens (including phenoxy) is 3. The Morgan fingerprint density at radius 3 is 2.59 bits per heavy atom. The summed E-state index contributed by atoms with van der Waals surface area (Å²) >= 11 is 0. The van der Waals surface area contributed by atoms with Gasteiger partial charge in [-0.1, -0.05) is 0 Å². The highest BCUT2D eigenvalue weighted by molar-refractivity contribution is 5.92. The smallest absolute Gasteiger partial charge is 0.331 e. The molecule has 0 radical (unpaired) electrons. The van der Waals surface area contributed by atoms with Crippen molar-refractivity contribution in [1.82, 2.24) is 4.90 Å². The highest BCUT2D eigenvalue weighted by atomic mass is 16.5. The molecule has 1 aliphatic heterocycles. The third-order valence-electron chi connectivity index (χ3n) is 2.00. The van der Waals surface area contributed by atoms with Crippen molar-refractivity contribution < 1.29 is 28.6 Å². The van der Waals surface area contributed by atoms with Crippen LogP contribution in [0.5, 0.6) is 0 Å². The lowest BCUT2D eigenvalue weighted by atomic mass is 10.5. The minimum atomic E-state index is -0.774. The molecule has 7 nitrogen and oxygen atoms in total. The summed E-state index contributed by atoms with van der Waals surface area (Å²) in [6.07, 6.45) is 1.82. The van der Waals surface area contributed by atoms with E-state index in [0.29, 0.717) is 13.2 Å². The van der Waals surface area contributed by atoms with Gasteiger partial charge < -0.3 is 19.1 Å². The number of hydrogen-bond acceptors (Lipinski definition) is 6. The lowest BCUT2D eigenvalue weighted by molar-refractivity contribution is -0.148. The van der Waals surface area contributed by atoms with Crippen LogP contribution in [0.3, 0.4) is 0 Å². The monoisotopic (exact) mass is 243 g/mol. The lowest BCUT2D eigenvalue weighted by Crippen LogP contribution is -2.32. The first-order chi connectivity index (χ1) is 8.13. The van der Waals surface area contributed by atoms with Crippen molar-refractivity contribution in [1.29, 1.82) is 0 Å². The third-order valence-corrected chi connectivity index (χ3v) is 2.00. The van der Waals surface area contributed by atoms with Gasteiger partial charge in [-0.25, -0.2) is 9.59 Å². The van der Waals surface area contributed by atoms with Crippen LogP contribution in [-0.2, 0) is 28.6 Å². The number of esters is 2. The highest BCUT2D eigenvalue weighted by Gasteiger charge is 2.19. The van der Waals surface area contributed by atoms with Crippen molar-refractivity contribution >= 4 is 17.8 Å². The Bertz CT molecular complexity index is 332. The van der Waals surface area contributed by atoms with Gasteiger partial charge in [-0.15, -0.1) is 0 Å². The first-order valence-electron chi connectivity index (χ1n) is 4.92. The Morgan fingerprint density at radius 1 is 1.29 bits per heavy atom. The van der Waals surface area contributed by atoms with Crippen LogP contribution in [-0.4, -0.2) is 56.3 Å². The average Bonchev–Trinajstić information content (AvgIpc) is 2.86. The molecular formula is C10H13NO6. The van der Waals surface area contributed by atoms with E-state index < -0.39 is 11.9 Å². The Morgan fingerprint density at radius 2 is 2.00 bits per heavy atom. The maximum Gasteiger partial charge on any atom is 0.331 e. The molecule has 0 saturated carbocycles. The van der Waals surface area contributed by atoms with Crippen molar-refractivity contribution in [2.24, 2.45) is 0 Å². The minimum absolute atomic E-state index is 0.217. The van der Waals surface area contributed by atoms with Gasteiger partial charge in [-0.05, 0) is 0 Å². The standard InChI is InChI=1S/C10H13NO6/c1-15-9(13)2-3-10(14)17-6-8(12)11-4-5-16-7-11/h2-3H,4-7H2,1H3/b3-2+. The van der Waals surface area contributed by atoms with E-state index in [4.69, 9.17) is 4.74 Å². The van der Waals surface area contributed by atoms with E-state index in [2.05, 4.69) is 9.47 Å². The molecule has 0 N–H and O–H groups in total. The van der Waals surface area contributed by atoms with E-state index in [9.17, 15) is 14.4 Å². The van der Waals surface area contributed by atoms with E-state index >= 15 is 0 Å². The Hall–Kier alpha value is -1.89. The first-order valence-corrected chi connectivity index (χ1v) is 4.92. The molecule has 0 bridgehead atoms. The van der Waals surface area contributed by atoms with Gasteiger partial charge in [0.1, 0.15) is 6.73 Å². The van der Waals surface area contributed by atoms with Gasteiger partial charge in [0.25, 0.3) is 5.91 Å². The normalized spacial score (nSPS) is 15.0. The van der Waals surface area contributed by atoms with E-state index in [1.165, 1.54) is 12.0 Å². The molecule has 0 spiro atoms. The van der Waals surface area contributed by atoms with Crippen molar-refractivity contribution in [2.75, 3.05) is 33.6 Å². The molecule has 0 atom stereocenters. The SMILES string of the molecule is COC(=O)/C=C/C(=O)OCC(=O)N1CCOC1. The molecule has 1 fully saturated rings. The fourth-order valence-corrected chi connectivity index (χ4v) is 1.09. The Kier molecular flexibility index (Phi) is 5.15. The van der Waals surface area contributed by atoms with Crippen molar-refractivity contribution in [2.45, 2.75) is 0 Å². The zero-order valence-electron chi connectivity index (χ0n) is 9.38. The topological polar surface area (TPSA) is 82.1 Å². The molecule has 1 heterocycles. The largest absolute Gasteiger partial charge is 0.466 e. The number of hydrogen-bond donors (Lipinski definition) is 0. The zero-order chi connectivity index (χ0) is 12.7. The number of amides is 1. The molecular weight excluding hydrogens is 230 g/mol. The van der Waals surface area contributed by atoms with Gasteiger partial charge in [0.2, 0.25) is 0 Å². The van der Waals surface area contributed by atoms with Gasteiger partial charge in [0.15, 0.2) is 6.61 Å². The number of rotatable bonds is 4. The van der Waals surface area contributed by atoms with E-state index in [-0.39, 0.29) is 19.2 Å². The summed E-state index contributed by atoms with van der Waals surface area (Å²) in [7, 11) is 1.19. The summed E-state index contributed by atoms with van der Waals surface area (Å²) in [5, 5.41) is 0. The predicted octanol–water partition coefficient (Wildman–Crippen LogP) is -0.925. The fraction of sp³-hybridized carbons (Fsp3) is 0.500. The van der Waals surface area contributed by atoms with Crippen LogP contribution in [0.25, 0.3) is 0 Å². The zero-order valence-corrected chi connectivity index (χ0v) is 9.38. The van der Waals surface area contributed by atoms with Crippen LogP contribution in [0, 0.1) is 0 Å². The Labute approximate surface area is 97.9 Å². The Balaban J connectivity index is 2.25. The second kappa shape index (κ2) is 6.64. The average molecular weight is 243 g/mol. The fourth-order valence-electron chi connectivity index (χ4n) is 1.09. The molecule has 1 aliphatic rings.